The van der Waals surface area contributed by atoms with E-state index in [0.29, 0.717) is 24.2 Å². The van der Waals surface area contributed by atoms with Crippen LogP contribution in [0.3, 0.4) is 0 Å². The van der Waals surface area contributed by atoms with Gasteiger partial charge in [0.1, 0.15) is 0 Å². The molecule has 1 aliphatic rings. The maximum Gasteiger partial charge on any atom is 0.269 e. The van der Waals surface area contributed by atoms with Crippen molar-refractivity contribution in [3.05, 3.63) is 62.5 Å². The number of nitro benzene ring substituents is 1. The first-order valence-electron chi connectivity index (χ1n) is 7.71. The van der Waals surface area contributed by atoms with Crippen LogP contribution in [0, 0.1) is 10.1 Å². The predicted molar refractivity (Wildman–Crippen MR) is 83.6 cm³/mol. The fourth-order valence-electron chi connectivity index (χ4n) is 3.00. The van der Waals surface area contributed by atoms with Gasteiger partial charge in [-0.1, -0.05) is 26.0 Å². The monoisotopic (exact) mass is 344 g/mol. The summed E-state index contributed by atoms with van der Waals surface area (Å²) in [5, 5.41) is 37.3. The zero-order chi connectivity index (χ0) is 18.7. The van der Waals surface area contributed by atoms with Gasteiger partial charge in [0.15, 0.2) is 0 Å². The highest BCUT2D eigenvalue weighted by Crippen LogP contribution is 2.39. The number of allylic oxidation sites excluding steroid dienone is 2. The molecule has 2 rings (SSSR count). The molecule has 1 aromatic rings. The van der Waals surface area contributed by atoms with Crippen LogP contribution in [0.2, 0.25) is 0 Å². The van der Waals surface area contributed by atoms with E-state index in [4.69, 9.17) is 0 Å². The summed E-state index contributed by atoms with van der Waals surface area (Å²) in [6.07, 6.45) is 0.608. The fourth-order valence-corrected chi connectivity index (χ4v) is 3.00. The van der Waals surface area contributed by atoms with Gasteiger partial charge in [-0.2, -0.15) is 0 Å². The molecule has 0 saturated carbocycles. The molecular formula is C17H16N2O6-2. The van der Waals surface area contributed by atoms with Gasteiger partial charge in [0.2, 0.25) is 0 Å². The van der Waals surface area contributed by atoms with Gasteiger partial charge >= 0.3 is 0 Å². The topological polar surface area (TPSA) is 135 Å². The summed E-state index contributed by atoms with van der Waals surface area (Å²) >= 11 is 0. The van der Waals surface area contributed by atoms with Crippen molar-refractivity contribution in [2.45, 2.75) is 32.6 Å². The second-order valence-electron chi connectivity index (χ2n) is 5.48. The third-order valence-corrected chi connectivity index (χ3v) is 4.09. The molecule has 8 heteroatoms. The number of nitrogens with one attached hydrogen (secondary N) is 1. The number of carbonyl (C=O) groups is 2. The number of carbonyl (C=O) groups excluding carboxylic acids is 2. The van der Waals surface area contributed by atoms with Crippen molar-refractivity contribution < 1.29 is 24.7 Å². The highest BCUT2D eigenvalue weighted by atomic mass is 16.6. The SMILES string of the molecule is CCC1=C(C(=O)[O-])C(c2cccc([N+](=O)[O-])c2)C(C(=O)[O-])=C(CC)N1. The van der Waals surface area contributed by atoms with Crippen molar-refractivity contribution in [1.29, 1.82) is 0 Å². The van der Waals surface area contributed by atoms with Gasteiger partial charge in [0.05, 0.1) is 16.9 Å². The number of carboxylic acids is 2. The molecule has 0 unspecified atom stereocenters. The minimum atomic E-state index is -1.53. The summed E-state index contributed by atoms with van der Waals surface area (Å²) < 4.78 is 0. The Labute approximate surface area is 143 Å². The van der Waals surface area contributed by atoms with Crippen LogP contribution in [0.25, 0.3) is 0 Å². The first-order chi connectivity index (χ1) is 11.8. The first kappa shape index (κ1) is 18.2. The largest absolute Gasteiger partial charge is 0.545 e. The van der Waals surface area contributed by atoms with Crippen LogP contribution < -0.4 is 15.5 Å². The van der Waals surface area contributed by atoms with Crippen molar-refractivity contribution in [1.82, 2.24) is 5.32 Å². The lowest BCUT2D eigenvalue weighted by Crippen LogP contribution is -2.40. The molecule has 132 valence electrons. The Morgan fingerprint density at radius 3 is 2.00 bits per heavy atom. The quantitative estimate of drug-likeness (QED) is 0.571. The normalized spacial score (nSPS) is 15.1. The lowest BCUT2D eigenvalue weighted by atomic mass is 9.79. The predicted octanol–water partition coefficient (Wildman–Crippen LogP) is 0.110. The van der Waals surface area contributed by atoms with E-state index in [-0.39, 0.29) is 22.4 Å². The summed E-state index contributed by atoms with van der Waals surface area (Å²) in [5.74, 6) is -4.27. The Kier molecular flexibility index (Phi) is 5.21. The summed E-state index contributed by atoms with van der Waals surface area (Å²) in [6.45, 7) is 3.43. The summed E-state index contributed by atoms with van der Waals surface area (Å²) in [6, 6.07) is 5.25. The average Bonchev–Trinajstić information content (AvgIpc) is 2.59. The highest BCUT2D eigenvalue weighted by molar-refractivity contribution is 5.97. The van der Waals surface area contributed by atoms with Gasteiger partial charge in [-0.05, 0) is 18.4 Å². The Morgan fingerprint density at radius 2 is 1.60 bits per heavy atom. The van der Waals surface area contributed by atoms with Gasteiger partial charge in [-0.3, -0.25) is 10.1 Å². The molecule has 8 nitrogen and oxygen atoms in total. The number of aliphatic carboxylic acids is 2. The molecule has 0 saturated heterocycles. The van der Waals surface area contributed by atoms with Crippen LogP contribution in [0.4, 0.5) is 5.69 Å². The van der Waals surface area contributed by atoms with Gasteiger partial charge in [-0.25, -0.2) is 0 Å². The number of non-ortho nitro benzene ring substituents is 1. The van der Waals surface area contributed by atoms with Crippen LogP contribution >= 0.6 is 0 Å². The minimum absolute atomic E-state index is 0.186. The molecule has 0 atom stereocenters. The number of dihydropyridines is 1. The molecule has 0 aromatic heterocycles. The van der Waals surface area contributed by atoms with E-state index in [1.54, 1.807) is 13.8 Å². The Bertz CT molecular complexity index is 771. The number of rotatable bonds is 6. The lowest BCUT2D eigenvalue weighted by molar-refractivity contribution is -0.384. The van der Waals surface area contributed by atoms with Gasteiger partial charge in [0.25, 0.3) is 5.69 Å². The van der Waals surface area contributed by atoms with Crippen molar-refractivity contribution >= 4 is 17.6 Å². The maximum atomic E-state index is 11.7. The van der Waals surface area contributed by atoms with Crippen LogP contribution in [0.5, 0.6) is 0 Å². The molecule has 1 heterocycles. The van der Waals surface area contributed by atoms with Crippen molar-refractivity contribution in [2.75, 3.05) is 0 Å². The Morgan fingerprint density at radius 1 is 1.08 bits per heavy atom. The fraction of sp³-hybridized carbons (Fsp3) is 0.294. The molecule has 0 fully saturated rings. The van der Waals surface area contributed by atoms with E-state index in [9.17, 15) is 29.9 Å². The molecule has 0 amide bonds. The van der Waals surface area contributed by atoms with E-state index in [1.807, 2.05) is 0 Å². The van der Waals surface area contributed by atoms with Crippen LogP contribution in [0.15, 0.2) is 46.8 Å². The molecule has 25 heavy (non-hydrogen) atoms. The van der Waals surface area contributed by atoms with Crippen LogP contribution in [-0.4, -0.2) is 16.9 Å². The maximum absolute atomic E-state index is 11.7. The molecular weight excluding hydrogens is 328 g/mol. The number of nitrogens with zero attached hydrogens (tertiary/aromatic N) is 1. The van der Waals surface area contributed by atoms with Gasteiger partial charge < -0.3 is 25.1 Å². The second-order valence-corrected chi connectivity index (χ2v) is 5.48. The highest BCUT2D eigenvalue weighted by Gasteiger charge is 2.32. The zero-order valence-corrected chi connectivity index (χ0v) is 13.7. The summed E-state index contributed by atoms with van der Waals surface area (Å²) in [7, 11) is 0. The number of carboxylic acid groups (broad SMARTS) is 2. The Balaban J connectivity index is 2.78. The number of hydrogen-bond donors (Lipinski definition) is 1. The molecule has 1 aromatic carbocycles. The molecule has 1 N–H and O–H groups in total. The third-order valence-electron chi connectivity index (χ3n) is 4.09. The molecule has 0 radical (unpaired) electrons. The van der Waals surface area contributed by atoms with Crippen molar-refractivity contribution in [2.24, 2.45) is 0 Å². The average molecular weight is 344 g/mol. The van der Waals surface area contributed by atoms with Crippen molar-refractivity contribution in [3.8, 4) is 0 Å². The van der Waals surface area contributed by atoms with E-state index in [1.165, 1.54) is 24.3 Å². The van der Waals surface area contributed by atoms with Crippen molar-refractivity contribution in [3.63, 3.8) is 0 Å². The standard InChI is InChI=1S/C17H18N2O6/c1-3-11-14(16(20)21)13(15(17(22)23)12(4-2)18-11)9-6-5-7-10(8-9)19(24)25/h5-8,13,18H,3-4H2,1-2H3,(H,20,21)(H,22,23)/p-2. The zero-order valence-electron chi connectivity index (χ0n) is 13.7. The Hall–Kier alpha value is -3.16. The smallest absolute Gasteiger partial charge is 0.269 e. The molecule has 0 bridgehead atoms. The molecule has 1 aliphatic heterocycles. The van der Waals surface area contributed by atoms with Gasteiger partial charge in [-0.15, -0.1) is 0 Å². The number of benzene rings is 1. The van der Waals surface area contributed by atoms with E-state index < -0.39 is 22.8 Å². The number of hydrogen-bond acceptors (Lipinski definition) is 7. The third kappa shape index (κ3) is 3.37. The molecule has 0 aliphatic carbocycles. The van der Waals surface area contributed by atoms with Gasteiger partial charge in [0, 0.05) is 40.6 Å². The second kappa shape index (κ2) is 7.16. The van der Waals surface area contributed by atoms with Crippen LogP contribution in [-0.2, 0) is 9.59 Å². The number of nitro groups is 1. The van der Waals surface area contributed by atoms with E-state index in [2.05, 4.69) is 5.32 Å². The minimum Gasteiger partial charge on any atom is -0.545 e. The van der Waals surface area contributed by atoms with Crippen LogP contribution in [0.1, 0.15) is 38.2 Å². The summed E-state index contributed by atoms with van der Waals surface area (Å²) in [4.78, 5) is 33.8. The first-order valence-corrected chi connectivity index (χ1v) is 7.71. The summed E-state index contributed by atoms with van der Waals surface area (Å²) in [5.41, 5.74) is 0.0593. The van der Waals surface area contributed by atoms with E-state index >= 15 is 0 Å². The lowest BCUT2D eigenvalue weighted by Gasteiger charge is -2.35. The van der Waals surface area contributed by atoms with E-state index in [0.717, 1.165) is 0 Å². The molecule has 0 spiro atoms.